The molecule has 0 radical (unpaired) electrons. The molecule has 0 saturated carbocycles. The van der Waals surface area contributed by atoms with Gasteiger partial charge in [0.25, 0.3) is 0 Å². The molecule has 0 aromatic carbocycles. The van der Waals surface area contributed by atoms with E-state index in [0.717, 1.165) is 109 Å². The second-order valence-corrected chi connectivity index (χ2v) is 30.7. The molecule has 0 amide bonds. The molecule has 0 saturated heterocycles. The van der Waals surface area contributed by atoms with Crippen LogP contribution in [0.4, 0.5) is 0 Å². The minimum absolute atomic E-state index is 0.102. The number of carbonyl (C=O) groups excluding carboxylic acids is 4. The Hall–Kier alpha value is -1.94. The molecule has 3 unspecified atom stereocenters. The van der Waals surface area contributed by atoms with Crippen LogP contribution >= 0.6 is 15.6 Å². The lowest BCUT2D eigenvalue weighted by Crippen LogP contribution is -2.30. The van der Waals surface area contributed by atoms with Crippen molar-refractivity contribution in [1.82, 2.24) is 0 Å². The van der Waals surface area contributed by atoms with Crippen LogP contribution in [0.5, 0.6) is 0 Å². The van der Waals surface area contributed by atoms with Crippen molar-refractivity contribution in [3.63, 3.8) is 0 Å². The first kappa shape index (κ1) is 92.1. The molecular formula is C75H146O17P2. The zero-order valence-corrected chi connectivity index (χ0v) is 63.1. The number of hydrogen-bond acceptors (Lipinski definition) is 15. The maximum Gasteiger partial charge on any atom is 0.472 e. The lowest BCUT2D eigenvalue weighted by Gasteiger charge is -2.21. The minimum Gasteiger partial charge on any atom is -0.462 e. The highest BCUT2D eigenvalue weighted by Gasteiger charge is 2.30. The van der Waals surface area contributed by atoms with Crippen LogP contribution in [0, 0.1) is 11.8 Å². The maximum atomic E-state index is 13.1. The molecule has 0 fully saturated rings. The van der Waals surface area contributed by atoms with Gasteiger partial charge in [-0.2, -0.15) is 0 Å². The van der Waals surface area contributed by atoms with Gasteiger partial charge in [0, 0.05) is 25.7 Å². The van der Waals surface area contributed by atoms with Crippen LogP contribution in [-0.2, 0) is 65.4 Å². The van der Waals surface area contributed by atoms with E-state index in [0.29, 0.717) is 31.6 Å². The summed E-state index contributed by atoms with van der Waals surface area (Å²) in [5.41, 5.74) is 0. The summed E-state index contributed by atoms with van der Waals surface area (Å²) in [5.74, 6) is -0.586. The first-order chi connectivity index (χ1) is 45.4. The van der Waals surface area contributed by atoms with Gasteiger partial charge < -0.3 is 33.8 Å². The standard InChI is InChI=1S/C75H146O17P2/c1-7-10-12-14-16-17-18-19-20-26-29-32-35-39-46-52-58-73(78)86-64-70(91-74(79)59-53-47-40-36-33-30-27-24-22-21-23-25-28-31-34-38-44-50-56-68(6)9-3)65-89-93(81,82)87-61-69(76)62-88-94(83,84)90-66-71(63-85-72(77)57-51-45-37-15-13-11-8-2)92-75(80)60-54-48-42-41-43-49-55-67(4)5/h67-71,76H,7-66H2,1-6H3,(H,81,82)(H,83,84)/t68?,69-,70-,71-/m1/s1. The number of phosphoric acid groups is 2. The molecule has 558 valence electrons. The van der Waals surface area contributed by atoms with Crippen LogP contribution < -0.4 is 0 Å². The van der Waals surface area contributed by atoms with Crippen molar-refractivity contribution in [2.75, 3.05) is 39.6 Å². The third kappa shape index (κ3) is 67.3. The fraction of sp³-hybridized carbons (Fsp3) is 0.947. The van der Waals surface area contributed by atoms with E-state index < -0.39 is 97.5 Å². The van der Waals surface area contributed by atoms with Crippen molar-refractivity contribution in [1.29, 1.82) is 0 Å². The Morgan fingerprint density at radius 1 is 0.309 bits per heavy atom. The molecule has 0 spiro atoms. The summed E-state index contributed by atoms with van der Waals surface area (Å²) in [4.78, 5) is 72.5. The third-order valence-electron chi connectivity index (χ3n) is 17.8. The largest absolute Gasteiger partial charge is 0.472 e. The summed E-state index contributed by atoms with van der Waals surface area (Å²) < 4.78 is 68.3. The van der Waals surface area contributed by atoms with Gasteiger partial charge in [-0.05, 0) is 37.5 Å². The average molecular weight is 1380 g/mol. The number of hydrogen-bond donors (Lipinski definition) is 3. The first-order valence-electron chi connectivity index (χ1n) is 39.0. The Kier molecular flexibility index (Phi) is 65.5. The molecule has 0 bridgehead atoms. The number of carbonyl (C=O) groups is 4. The van der Waals surface area contributed by atoms with Crippen molar-refractivity contribution in [2.45, 2.75) is 407 Å². The number of ether oxygens (including phenoxy) is 4. The van der Waals surface area contributed by atoms with Crippen molar-refractivity contribution >= 4 is 39.5 Å². The number of phosphoric ester groups is 2. The van der Waals surface area contributed by atoms with E-state index in [2.05, 4.69) is 41.5 Å². The second-order valence-electron chi connectivity index (χ2n) is 27.8. The summed E-state index contributed by atoms with van der Waals surface area (Å²) in [5, 5.41) is 10.6. The smallest absolute Gasteiger partial charge is 0.462 e. The highest BCUT2D eigenvalue weighted by molar-refractivity contribution is 7.47. The van der Waals surface area contributed by atoms with E-state index >= 15 is 0 Å². The summed E-state index contributed by atoms with van der Waals surface area (Å²) in [6.45, 7) is 9.51. The van der Waals surface area contributed by atoms with E-state index in [1.165, 1.54) is 193 Å². The van der Waals surface area contributed by atoms with E-state index in [9.17, 15) is 43.2 Å². The lowest BCUT2D eigenvalue weighted by molar-refractivity contribution is -0.161. The van der Waals surface area contributed by atoms with Gasteiger partial charge in [-0.3, -0.25) is 37.3 Å². The normalized spacial score (nSPS) is 14.3. The molecule has 19 heteroatoms. The van der Waals surface area contributed by atoms with Crippen LogP contribution in [0.2, 0.25) is 0 Å². The number of esters is 4. The van der Waals surface area contributed by atoms with Crippen LogP contribution in [0.1, 0.15) is 388 Å². The summed E-state index contributed by atoms with van der Waals surface area (Å²) in [6.07, 6.45) is 54.6. The SMILES string of the molecule is CCCCCCCCCCCCCCCCCCC(=O)OC[C@H](COP(=O)(O)OC[C@@H](O)COP(=O)(O)OC[C@@H](COC(=O)CCCCCCCCC)OC(=O)CCCCCCCCC(C)C)OC(=O)CCCCCCCCCCCCCCCCCCCCC(C)CC. The first-order valence-corrected chi connectivity index (χ1v) is 42.0. The molecule has 0 aromatic rings. The zero-order valence-electron chi connectivity index (χ0n) is 61.3. The Bertz CT molecular complexity index is 1820. The summed E-state index contributed by atoms with van der Waals surface area (Å²) >= 11 is 0. The van der Waals surface area contributed by atoms with Crippen molar-refractivity contribution in [3.05, 3.63) is 0 Å². The van der Waals surface area contributed by atoms with E-state index in [1.807, 2.05) is 0 Å². The molecule has 0 aromatic heterocycles. The predicted molar refractivity (Wildman–Crippen MR) is 381 cm³/mol. The van der Waals surface area contributed by atoms with Gasteiger partial charge in [0.2, 0.25) is 0 Å². The highest BCUT2D eigenvalue weighted by Crippen LogP contribution is 2.45. The van der Waals surface area contributed by atoms with Gasteiger partial charge in [0.05, 0.1) is 26.4 Å². The Balaban J connectivity index is 5.14. The summed E-state index contributed by atoms with van der Waals surface area (Å²) in [6, 6.07) is 0. The van der Waals surface area contributed by atoms with Crippen LogP contribution in [0.25, 0.3) is 0 Å². The predicted octanol–water partition coefficient (Wildman–Crippen LogP) is 21.9. The van der Waals surface area contributed by atoms with Crippen molar-refractivity contribution in [3.8, 4) is 0 Å². The molecule has 6 atom stereocenters. The zero-order chi connectivity index (χ0) is 69.3. The van der Waals surface area contributed by atoms with Crippen LogP contribution in [0.3, 0.4) is 0 Å². The molecule has 0 aliphatic carbocycles. The molecule has 17 nitrogen and oxygen atoms in total. The number of unbranched alkanes of at least 4 members (excludes halogenated alkanes) is 43. The lowest BCUT2D eigenvalue weighted by atomic mass is 9.99. The topological polar surface area (TPSA) is 237 Å². The highest BCUT2D eigenvalue weighted by atomic mass is 31.2. The minimum atomic E-state index is -4.96. The van der Waals surface area contributed by atoms with E-state index in [-0.39, 0.29) is 25.7 Å². The second kappa shape index (κ2) is 66.9. The molecule has 94 heavy (non-hydrogen) atoms. The number of aliphatic hydroxyl groups is 1. The fourth-order valence-corrected chi connectivity index (χ4v) is 13.0. The van der Waals surface area contributed by atoms with Crippen LogP contribution in [0.15, 0.2) is 0 Å². The van der Waals surface area contributed by atoms with E-state index in [4.69, 9.17) is 37.0 Å². The number of rotatable bonds is 74. The summed E-state index contributed by atoms with van der Waals surface area (Å²) in [7, 11) is -9.90. The van der Waals surface area contributed by atoms with Gasteiger partial charge in [-0.1, -0.05) is 337 Å². The monoisotopic (exact) mass is 1380 g/mol. The number of aliphatic hydroxyl groups excluding tert-OH is 1. The fourth-order valence-electron chi connectivity index (χ4n) is 11.4. The van der Waals surface area contributed by atoms with Gasteiger partial charge in [0.1, 0.15) is 19.3 Å². The molecular weight excluding hydrogens is 1230 g/mol. The van der Waals surface area contributed by atoms with Crippen molar-refractivity contribution < 1.29 is 80.2 Å². The maximum absolute atomic E-state index is 13.1. The molecule has 0 aliphatic rings. The average Bonchev–Trinajstić information content (AvgIpc) is 2.76. The molecule has 0 aliphatic heterocycles. The Morgan fingerprint density at radius 3 is 0.809 bits per heavy atom. The van der Waals surface area contributed by atoms with E-state index in [1.54, 1.807) is 0 Å². The molecule has 0 heterocycles. The molecule has 3 N–H and O–H groups in total. The van der Waals surface area contributed by atoms with Gasteiger partial charge in [-0.25, -0.2) is 9.13 Å². The van der Waals surface area contributed by atoms with Gasteiger partial charge >= 0.3 is 39.5 Å². The van der Waals surface area contributed by atoms with Crippen LogP contribution in [-0.4, -0.2) is 96.7 Å². The Morgan fingerprint density at radius 2 is 0.543 bits per heavy atom. The van der Waals surface area contributed by atoms with Gasteiger partial charge in [-0.15, -0.1) is 0 Å². The van der Waals surface area contributed by atoms with Crippen molar-refractivity contribution in [2.24, 2.45) is 11.8 Å². The van der Waals surface area contributed by atoms with Gasteiger partial charge in [0.15, 0.2) is 12.2 Å². The quantitative estimate of drug-likeness (QED) is 0.0222. The molecule has 0 rings (SSSR count). The Labute approximate surface area is 575 Å². The third-order valence-corrected chi connectivity index (χ3v) is 19.7.